The molecule has 0 aliphatic carbocycles. The maximum Gasteiger partial charge on any atom is 0.473 e. The van der Waals surface area contributed by atoms with Gasteiger partial charge in [-0.2, -0.15) is 52.7 Å². The first-order valence-corrected chi connectivity index (χ1v) is 7.46. The molecule has 0 heterocycles. The highest BCUT2D eigenvalue weighted by atomic mass is 19.4. The number of alkyl halides is 13. The molecule has 0 aliphatic heterocycles. The lowest BCUT2D eigenvalue weighted by atomic mass is 9.89. The Balaban J connectivity index is 6.34. The molecule has 0 spiro atoms. The van der Waals surface area contributed by atoms with E-state index in [9.17, 15) is 66.7 Å². The Bertz CT molecular complexity index is 715. The molecule has 0 radical (unpaired) electrons. The molecule has 0 aromatic heterocycles. The third kappa shape index (κ3) is 4.68. The van der Waals surface area contributed by atoms with Gasteiger partial charge in [-0.3, -0.25) is 0 Å². The van der Waals surface area contributed by atoms with Crippen LogP contribution in [0.4, 0.5) is 57.1 Å². The summed E-state index contributed by atoms with van der Waals surface area (Å²) in [5.41, 5.74) is 0. The lowest BCUT2D eigenvalue weighted by Gasteiger charge is -2.41. The van der Waals surface area contributed by atoms with E-state index in [-0.39, 0.29) is 6.08 Å². The predicted octanol–water partition coefficient (Wildman–Crippen LogP) is 4.93. The fraction of sp³-hybridized carbons (Fsp3) is 0.714. The van der Waals surface area contributed by atoms with Crippen LogP contribution in [0.15, 0.2) is 12.2 Å². The molecular weight excluding hydrogens is 479 g/mol. The van der Waals surface area contributed by atoms with Gasteiger partial charge in [-0.25, -0.2) is 14.0 Å². The quantitative estimate of drug-likeness (QED) is 0.268. The molecule has 1 N–H and O–H groups in total. The van der Waals surface area contributed by atoms with Gasteiger partial charge in [-0.05, 0) is 5.92 Å². The summed E-state index contributed by atoms with van der Waals surface area (Å²) in [5.74, 6) is -45.4. The fourth-order valence-corrected chi connectivity index (χ4v) is 1.74. The first-order chi connectivity index (χ1) is 13.4. The summed E-state index contributed by atoms with van der Waals surface area (Å²) in [6.45, 7) is 0.801. The van der Waals surface area contributed by atoms with E-state index in [0.717, 1.165) is 0 Å². The normalized spacial score (nSPS) is 16.0. The van der Waals surface area contributed by atoms with E-state index in [4.69, 9.17) is 5.11 Å². The second kappa shape index (κ2) is 8.37. The van der Waals surface area contributed by atoms with E-state index in [2.05, 4.69) is 4.74 Å². The van der Waals surface area contributed by atoms with E-state index in [1.54, 1.807) is 0 Å². The van der Waals surface area contributed by atoms with Gasteiger partial charge >= 0.3 is 47.7 Å². The Kier molecular flexibility index (Phi) is 7.77. The van der Waals surface area contributed by atoms with Crippen LogP contribution >= 0.6 is 0 Å². The van der Waals surface area contributed by atoms with Crippen molar-refractivity contribution in [1.29, 1.82) is 0 Å². The number of carbonyl (C=O) groups excluding carboxylic acids is 1. The Hall–Kier alpha value is -2.23. The van der Waals surface area contributed by atoms with Crippen molar-refractivity contribution >= 4 is 11.9 Å². The predicted molar refractivity (Wildman–Crippen MR) is 72.3 cm³/mol. The highest BCUT2D eigenvalue weighted by Crippen LogP contribution is 2.61. The Labute approximate surface area is 163 Å². The molecule has 182 valence electrons. The summed E-state index contributed by atoms with van der Waals surface area (Å²) in [4.78, 5) is 20.8. The standard InChI is InChI=1S/C14H11F13O4/c1-5(2)8(15)9(16,17)10(18,19)11(20,21)12(22,23)13(24,25)14(26,27)31-7(30)4-3-6(28)29/h3-5,8H,1-2H3,(H,28,29)/b4-3+. The average molecular weight is 490 g/mol. The van der Waals surface area contributed by atoms with E-state index in [1.807, 2.05) is 0 Å². The van der Waals surface area contributed by atoms with Crippen molar-refractivity contribution in [3.8, 4) is 0 Å². The van der Waals surface area contributed by atoms with E-state index in [1.165, 1.54) is 0 Å². The molecule has 4 nitrogen and oxygen atoms in total. The highest BCUT2D eigenvalue weighted by molar-refractivity contribution is 5.90. The molecule has 1 unspecified atom stereocenters. The summed E-state index contributed by atoms with van der Waals surface area (Å²) in [5, 5.41) is 8.07. The second-order valence-corrected chi connectivity index (χ2v) is 6.18. The molecule has 0 amide bonds. The second-order valence-electron chi connectivity index (χ2n) is 6.18. The van der Waals surface area contributed by atoms with Gasteiger partial charge in [-0.1, -0.05) is 13.8 Å². The van der Waals surface area contributed by atoms with Crippen molar-refractivity contribution in [1.82, 2.24) is 0 Å². The van der Waals surface area contributed by atoms with Crippen LogP contribution in [-0.4, -0.2) is 58.9 Å². The molecule has 0 aromatic carbocycles. The molecule has 17 heteroatoms. The van der Waals surface area contributed by atoms with Crippen molar-refractivity contribution < 1.29 is 76.5 Å². The number of ether oxygens (including phenoxy) is 1. The number of carbonyl (C=O) groups is 2. The zero-order valence-corrected chi connectivity index (χ0v) is 14.9. The van der Waals surface area contributed by atoms with Gasteiger partial charge in [0.25, 0.3) is 0 Å². The number of halogens is 13. The fourth-order valence-electron chi connectivity index (χ4n) is 1.74. The van der Waals surface area contributed by atoms with Crippen molar-refractivity contribution in [2.45, 2.75) is 55.7 Å². The van der Waals surface area contributed by atoms with Crippen LogP contribution in [0.1, 0.15) is 13.8 Å². The summed E-state index contributed by atoms with van der Waals surface area (Å²) >= 11 is 0. The summed E-state index contributed by atoms with van der Waals surface area (Å²) in [6.07, 6.45) is -12.3. The number of esters is 1. The van der Waals surface area contributed by atoms with Gasteiger partial charge in [0.05, 0.1) is 0 Å². The molecule has 31 heavy (non-hydrogen) atoms. The molecule has 0 aromatic rings. The molecule has 0 bridgehead atoms. The molecule has 0 aliphatic rings. The minimum Gasteiger partial charge on any atom is -0.478 e. The highest BCUT2D eigenvalue weighted by Gasteiger charge is 2.92. The smallest absolute Gasteiger partial charge is 0.473 e. The number of carboxylic acids is 1. The third-order valence-electron chi connectivity index (χ3n) is 3.49. The van der Waals surface area contributed by atoms with Crippen molar-refractivity contribution in [2.75, 3.05) is 0 Å². The Morgan fingerprint density at radius 1 is 0.742 bits per heavy atom. The topological polar surface area (TPSA) is 63.6 Å². The SMILES string of the molecule is CC(C)C(F)C(F)(F)C(F)(F)C(F)(F)C(F)(F)C(F)(F)C(F)(F)OC(=O)/C=C/C(=O)O. The maximum absolute atomic E-state index is 13.5. The molecule has 0 saturated carbocycles. The molecule has 1 atom stereocenters. The number of hydrogen-bond donors (Lipinski definition) is 1. The first kappa shape index (κ1) is 28.8. The van der Waals surface area contributed by atoms with Crippen LogP contribution in [0, 0.1) is 5.92 Å². The van der Waals surface area contributed by atoms with Crippen LogP contribution in [0.2, 0.25) is 0 Å². The summed E-state index contributed by atoms with van der Waals surface area (Å²) in [7, 11) is 0. The monoisotopic (exact) mass is 490 g/mol. The van der Waals surface area contributed by atoms with Gasteiger partial charge in [0.1, 0.15) is 0 Å². The van der Waals surface area contributed by atoms with Crippen LogP contribution in [0.5, 0.6) is 0 Å². The summed E-state index contributed by atoms with van der Waals surface area (Å²) in [6, 6.07) is 0. The Morgan fingerprint density at radius 2 is 1.13 bits per heavy atom. The lowest BCUT2D eigenvalue weighted by molar-refractivity contribution is -0.453. The van der Waals surface area contributed by atoms with Crippen LogP contribution in [0.25, 0.3) is 0 Å². The van der Waals surface area contributed by atoms with Crippen molar-refractivity contribution in [3.63, 3.8) is 0 Å². The number of hydrogen-bond acceptors (Lipinski definition) is 3. The van der Waals surface area contributed by atoms with Gasteiger partial charge in [0, 0.05) is 12.2 Å². The van der Waals surface area contributed by atoms with Crippen LogP contribution < -0.4 is 0 Å². The molecule has 0 saturated heterocycles. The Morgan fingerprint density at radius 3 is 1.48 bits per heavy atom. The van der Waals surface area contributed by atoms with Gasteiger partial charge < -0.3 is 9.84 Å². The largest absolute Gasteiger partial charge is 0.478 e. The van der Waals surface area contributed by atoms with Gasteiger partial charge in [0.2, 0.25) is 0 Å². The van der Waals surface area contributed by atoms with Gasteiger partial charge in [0.15, 0.2) is 6.17 Å². The van der Waals surface area contributed by atoms with Crippen LogP contribution in [-0.2, 0) is 14.3 Å². The minimum absolute atomic E-state index is 0.356. The van der Waals surface area contributed by atoms with Gasteiger partial charge in [-0.15, -0.1) is 0 Å². The van der Waals surface area contributed by atoms with E-state index in [0.29, 0.717) is 13.8 Å². The van der Waals surface area contributed by atoms with Crippen LogP contribution in [0.3, 0.4) is 0 Å². The van der Waals surface area contributed by atoms with E-state index < -0.39 is 65.8 Å². The van der Waals surface area contributed by atoms with E-state index >= 15 is 0 Å². The first-order valence-electron chi connectivity index (χ1n) is 7.46. The average Bonchev–Trinajstić information content (AvgIpc) is 2.57. The molecule has 0 rings (SSSR count). The zero-order valence-electron chi connectivity index (χ0n) is 14.9. The number of carboxylic acid groups (broad SMARTS) is 1. The minimum atomic E-state index is -8.07. The number of aliphatic carboxylic acids is 1. The van der Waals surface area contributed by atoms with Crippen molar-refractivity contribution in [3.05, 3.63) is 12.2 Å². The lowest BCUT2D eigenvalue weighted by Crippen LogP contribution is -2.72. The molecule has 0 fully saturated rings. The van der Waals surface area contributed by atoms with Crippen molar-refractivity contribution in [2.24, 2.45) is 5.92 Å². The molecular formula is C14H11F13O4. The maximum atomic E-state index is 13.5. The summed E-state index contributed by atoms with van der Waals surface area (Å²) < 4.78 is 177. The zero-order chi connectivity index (χ0) is 25.4. The third-order valence-corrected chi connectivity index (χ3v) is 3.49. The number of rotatable bonds is 10.